The van der Waals surface area contributed by atoms with E-state index in [-0.39, 0.29) is 11.9 Å². The minimum atomic E-state index is -0.362. The van der Waals surface area contributed by atoms with Crippen LogP contribution in [0.4, 0.5) is 5.82 Å². The Labute approximate surface area is 156 Å². The Balaban J connectivity index is 1.53. The predicted molar refractivity (Wildman–Crippen MR) is 102 cm³/mol. The second-order valence-electron chi connectivity index (χ2n) is 5.83. The first-order valence-corrected chi connectivity index (χ1v) is 9.49. The highest BCUT2D eigenvalue weighted by Gasteiger charge is 2.20. The number of carbonyl (C=O) groups excluding carboxylic acids is 2. The lowest BCUT2D eigenvalue weighted by atomic mass is 10.2. The fraction of sp³-hybridized carbons (Fsp3) is 0.316. The lowest BCUT2D eigenvalue weighted by Crippen LogP contribution is -2.48. The number of aromatic nitrogens is 1. The van der Waals surface area contributed by atoms with Crippen molar-refractivity contribution in [1.29, 1.82) is 0 Å². The number of ether oxygens (including phenoxy) is 1. The molecule has 0 N–H and O–H groups in total. The summed E-state index contributed by atoms with van der Waals surface area (Å²) in [7, 11) is 0. The Morgan fingerprint density at radius 2 is 2.04 bits per heavy atom. The molecule has 3 heterocycles. The van der Waals surface area contributed by atoms with Crippen molar-refractivity contribution in [3.05, 3.63) is 52.4 Å². The average molecular weight is 371 g/mol. The van der Waals surface area contributed by atoms with Crippen molar-refractivity contribution in [2.75, 3.05) is 37.7 Å². The van der Waals surface area contributed by atoms with Crippen molar-refractivity contribution in [3.8, 4) is 0 Å². The van der Waals surface area contributed by atoms with E-state index in [9.17, 15) is 9.59 Å². The zero-order chi connectivity index (χ0) is 18.4. The summed E-state index contributed by atoms with van der Waals surface area (Å²) in [5, 5.41) is 4.00. The summed E-state index contributed by atoms with van der Waals surface area (Å²) in [6, 6.07) is 5.53. The molecular formula is C19H21N3O3S. The van der Waals surface area contributed by atoms with Crippen molar-refractivity contribution in [1.82, 2.24) is 9.88 Å². The van der Waals surface area contributed by atoms with Crippen molar-refractivity contribution >= 4 is 35.1 Å². The van der Waals surface area contributed by atoms with Crippen LogP contribution in [0.5, 0.6) is 0 Å². The quantitative estimate of drug-likeness (QED) is 0.597. The summed E-state index contributed by atoms with van der Waals surface area (Å²) in [5.74, 6) is 0.472. The zero-order valence-electron chi connectivity index (χ0n) is 14.6. The first kappa shape index (κ1) is 18.1. The molecule has 0 unspecified atom stereocenters. The highest BCUT2D eigenvalue weighted by molar-refractivity contribution is 7.08. The van der Waals surface area contributed by atoms with Gasteiger partial charge in [0.1, 0.15) is 5.82 Å². The van der Waals surface area contributed by atoms with Crippen LogP contribution in [0.25, 0.3) is 6.08 Å². The number of carbonyl (C=O) groups is 2. The number of amides is 1. The molecule has 0 bridgehead atoms. The van der Waals surface area contributed by atoms with Gasteiger partial charge in [0.15, 0.2) is 0 Å². The van der Waals surface area contributed by atoms with Crippen molar-refractivity contribution in [3.63, 3.8) is 0 Å². The van der Waals surface area contributed by atoms with Gasteiger partial charge in [-0.15, -0.1) is 0 Å². The molecule has 1 amide bonds. The van der Waals surface area contributed by atoms with Crippen molar-refractivity contribution in [2.24, 2.45) is 0 Å². The Kier molecular flexibility index (Phi) is 6.01. The molecule has 1 fully saturated rings. The van der Waals surface area contributed by atoms with E-state index in [4.69, 9.17) is 4.74 Å². The third kappa shape index (κ3) is 4.49. The lowest BCUT2D eigenvalue weighted by Gasteiger charge is -2.35. The molecule has 7 heteroatoms. The van der Waals surface area contributed by atoms with Crippen LogP contribution in [0.15, 0.2) is 41.2 Å². The maximum absolute atomic E-state index is 12.3. The van der Waals surface area contributed by atoms with E-state index in [1.54, 1.807) is 30.4 Å². The summed E-state index contributed by atoms with van der Waals surface area (Å²) in [6.45, 7) is 4.84. The van der Waals surface area contributed by atoms with Gasteiger partial charge in [-0.25, -0.2) is 9.78 Å². The average Bonchev–Trinajstić information content (AvgIpc) is 3.20. The molecule has 26 heavy (non-hydrogen) atoms. The zero-order valence-corrected chi connectivity index (χ0v) is 15.4. The second kappa shape index (κ2) is 8.62. The van der Waals surface area contributed by atoms with Crippen LogP contribution in [0, 0.1) is 0 Å². The van der Waals surface area contributed by atoms with Gasteiger partial charge in [-0.3, -0.25) is 4.79 Å². The highest BCUT2D eigenvalue weighted by Crippen LogP contribution is 2.15. The van der Waals surface area contributed by atoms with Crippen LogP contribution < -0.4 is 4.90 Å². The Hall–Kier alpha value is -2.67. The van der Waals surface area contributed by atoms with Crippen LogP contribution in [0.1, 0.15) is 22.8 Å². The van der Waals surface area contributed by atoms with E-state index < -0.39 is 0 Å². The smallest absolute Gasteiger partial charge is 0.339 e. The van der Waals surface area contributed by atoms with Crippen LogP contribution in [0.2, 0.25) is 0 Å². The number of thiophene rings is 1. The number of anilines is 1. The first-order chi connectivity index (χ1) is 12.7. The van der Waals surface area contributed by atoms with Crippen LogP contribution in [-0.4, -0.2) is 54.5 Å². The third-order valence-corrected chi connectivity index (χ3v) is 4.84. The SMILES string of the molecule is CCOC(=O)c1ccc(N2CCN(C(=O)/C=C/c3ccsc3)CC2)nc1. The van der Waals surface area contributed by atoms with Gasteiger partial charge in [-0.1, -0.05) is 0 Å². The summed E-state index contributed by atoms with van der Waals surface area (Å²) < 4.78 is 4.96. The third-order valence-electron chi connectivity index (χ3n) is 4.14. The molecule has 0 saturated carbocycles. The minimum Gasteiger partial charge on any atom is -0.462 e. The molecule has 0 spiro atoms. The number of esters is 1. The first-order valence-electron chi connectivity index (χ1n) is 8.54. The normalized spacial score (nSPS) is 14.7. The number of rotatable bonds is 5. The summed E-state index contributed by atoms with van der Waals surface area (Å²) in [5.41, 5.74) is 1.50. The molecule has 1 aliphatic heterocycles. The number of hydrogen-bond donors (Lipinski definition) is 0. The Bertz CT molecular complexity index is 764. The van der Waals surface area contributed by atoms with Gasteiger partial charge >= 0.3 is 5.97 Å². The number of nitrogens with zero attached hydrogens (tertiary/aromatic N) is 3. The van der Waals surface area contributed by atoms with E-state index in [1.165, 1.54) is 6.20 Å². The number of piperazine rings is 1. The lowest BCUT2D eigenvalue weighted by molar-refractivity contribution is -0.126. The van der Waals surface area contributed by atoms with Crippen molar-refractivity contribution in [2.45, 2.75) is 6.92 Å². The molecule has 0 aromatic carbocycles. The van der Waals surface area contributed by atoms with Crippen molar-refractivity contribution < 1.29 is 14.3 Å². The summed E-state index contributed by atoms with van der Waals surface area (Å²) in [4.78, 5) is 32.3. The van der Waals surface area contributed by atoms with E-state index in [0.29, 0.717) is 38.3 Å². The van der Waals surface area contributed by atoms with Crippen LogP contribution in [-0.2, 0) is 9.53 Å². The highest BCUT2D eigenvalue weighted by atomic mass is 32.1. The van der Waals surface area contributed by atoms with Gasteiger partial charge in [0, 0.05) is 38.5 Å². The molecule has 0 radical (unpaired) electrons. The maximum atomic E-state index is 12.3. The molecule has 2 aromatic rings. The van der Waals surface area contributed by atoms with Crippen LogP contribution in [0.3, 0.4) is 0 Å². The largest absolute Gasteiger partial charge is 0.462 e. The summed E-state index contributed by atoms with van der Waals surface area (Å²) in [6.07, 6.45) is 5.01. The van der Waals surface area contributed by atoms with Gasteiger partial charge in [0.25, 0.3) is 0 Å². The van der Waals surface area contributed by atoms with E-state index in [0.717, 1.165) is 11.4 Å². The molecule has 6 nitrogen and oxygen atoms in total. The number of pyridine rings is 1. The topological polar surface area (TPSA) is 62.7 Å². The van der Waals surface area contributed by atoms with E-state index >= 15 is 0 Å². The summed E-state index contributed by atoms with van der Waals surface area (Å²) >= 11 is 1.61. The molecule has 0 aliphatic carbocycles. The van der Waals surface area contributed by atoms with Gasteiger partial charge < -0.3 is 14.5 Å². The van der Waals surface area contributed by atoms with Gasteiger partial charge in [-0.05, 0) is 47.5 Å². The Morgan fingerprint density at radius 3 is 2.65 bits per heavy atom. The Morgan fingerprint density at radius 1 is 1.23 bits per heavy atom. The van der Waals surface area contributed by atoms with E-state index in [2.05, 4.69) is 9.88 Å². The molecular weight excluding hydrogens is 350 g/mol. The fourth-order valence-corrected chi connectivity index (χ4v) is 3.34. The molecule has 136 valence electrons. The fourth-order valence-electron chi connectivity index (χ4n) is 2.71. The van der Waals surface area contributed by atoms with Gasteiger partial charge in [-0.2, -0.15) is 11.3 Å². The molecule has 1 saturated heterocycles. The maximum Gasteiger partial charge on any atom is 0.339 e. The molecule has 0 atom stereocenters. The van der Waals surface area contributed by atoms with Gasteiger partial charge in [0.05, 0.1) is 12.2 Å². The monoisotopic (exact) mass is 371 g/mol. The molecule has 3 rings (SSSR count). The predicted octanol–water partition coefficient (Wildman–Crippen LogP) is 2.68. The van der Waals surface area contributed by atoms with Gasteiger partial charge in [0.2, 0.25) is 5.91 Å². The number of hydrogen-bond acceptors (Lipinski definition) is 6. The van der Waals surface area contributed by atoms with Crippen LogP contribution >= 0.6 is 11.3 Å². The molecule has 1 aliphatic rings. The molecule has 2 aromatic heterocycles. The standard InChI is InChI=1S/C19H21N3O3S/c1-2-25-19(24)16-4-5-17(20-13-16)21-8-10-22(11-9-21)18(23)6-3-15-7-12-26-14-15/h3-7,12-14H,2,8-11H2,1H3/b6-3+. The second-order valence-corrected chi connectivity index (χ2v) is 6.61. The van der Waals surface area contributed by atoms with E-state index in [1.807, 2.05) is 33.9 Å². The minimum absolute atomic E-state index is 0.0291.